The van der Waals surface area contributed by atoms with E-state index in [1.807, 2.05) is 52.9 Å². The van der Waals surface area contributed by atoms with Gasteiger partial charge in [0.05, 0.1) is 7.11 Å². The summed E-state index contributed by atoms with van der Waals surface area (Å²) in [4.78, 5) is 4.78. The molecule has 2 aromatic heterocycles. The highest BCUT2D eigenvalue weighted by atomic mass is 16.5. The lowest BCUT2D eigenvalue weighted by atomic mass is 10.1. The Morgan fingerprint density at radius 1 is 1.04 bits per heavy atom. The van der Waals surface area contributed by atoms with Crippen LogP contribution >= 0.6 is 0 Å². The van der Waals surface area contributed by atoms with Gasteiger partial charge >= 0.3 is 0 Å². The number of hydrogen-bond donors (Lipinski definition) is 2. The van der Waals surface area contributed by atoms with Gasteiger partial charge in [-0.15, -0.1) is 0 Å². The first-order valence-corrected chi connectivity index (χ1v) is 8.33. The van der Waals surface area contributed by atoms with Crippen LogP contribution in [0.3, 0.4) is 0 Å². The summed E-state index contributed by atoms with van der Waals surface area (Å²) in [7, 11) is 1.65. The molecule has 130 valence electrons. The Morgan fingerprint density at radius 3 is 2.62 bits per heavy atom. The first kappa shape index (κ1) is 16.0. The van der Waals surface area contributed by atoms with Crippen LogP contribution < -0.4 is 10.1 Å². The van der Waals surface area contributed by atoms with Crippen molar-refractivity contribution in [3.8, 4) is 22.8 Å². The number of pyridine rings is 1. The number of methoxy groups -OCH3 is 1. The van der Waals surface area contributed by atoms with Crippen molar-refractivity contribution in [1.29, 1.82) is 0 Å². The predicted molar refractivity (Wildman–Crippen MR) is 103 cm³/mol. The monoisotopic (exact) mass is 345 g/mol. The number of aromatic nitrogens is 2. The van der Waals surface area contributed by atoms with Crippen molar-refractivity contribution < 1.29 is 9.84 Å². The molecule has 4 aromatic rings. The second kappa shape index (κ2) is 6.44. The lowest BCUT2D eigenvalue weighted by molar-refractivity contribution is 0.415. The average molecular weight is 345 g/mol. The van der Waals surface area contributed by atoms with E-state index in [0.29, 0.717) is 0 Å². The number of ether oxygens (including phenoxy) is 1. The van der Waals surface area contributed by atoms with Crippen molar-refractivity contribution in [2.24, 2.45) is 0 Å². The minimum Gasteiger partial charge on any atom is -0.508 e. The number of nitrogens with one attached hydrogen (secondary N) is 1. The molecule has 0 bridgehead atoms. The topological polar surface area (TPSA) is 58.8 Å². The average Bonchev–Trinajstić information content (AvgIpc) is 3.00. The molecule has 0 amide bonds. The van der Waals surface area contributed by atoms with Crippen molar-refractivity contribution in [1.82, 2.24) is 9.38 Å². The first-order chi connectivity index (χ1) is 12.6. The molecule has 0 aliphatic carbocycles. The molecule has 5 heteroatoms. The number of phenols is 1. The predicted octanol–water partition coefficient (Wildman–Crippen LogP) is 4.77. The van der Waals surface area contributed by atoms with E-state index < -0.39 is 0 Å². The van der Waals surface area contributed by atoms with E-state index in [0.717, 1.165) is 39.7 Å². The molecule has 0 fully saturated rings. The Morgan fingerprint density at radius 2 is 1.85 bits per heavy atom. The molecule has 26 heavy (non-hydrogen) atoms. The number of aryl methyl sites for hydroxylation is 1. The van der Waals surface area contributed by atoms with Crippen LogP contribution in [0.2, 0.25) is 0 Å². The second-order valence-corrected chi connectivity index (χ2v) is 6.15. The zero-order valence-corrected chi connectivity index (χ0v) is 14.6. The van der Waals surface area contributed by atoms with E-state index in [1.54, 1.807) is 19.2 Å². The second-order valence-electron chi connectivity index (χ2n) is 6.15. The molecule has 4 rings (SSSR count). The van der Waals surface area contributed by atoms with E-state index in [4.69, 9.17) is 9.72 Å². The smallest absolute Gasteiger partial charge is 0.143 e. The van der Waals surface area contributed by atoms with E-state index >= 15 is 0 Å². The molecule has 2 aromatic carbocycles. The van der Waals surface area contributed by atoms with E-state index in [2.05, 4.69) is 18.4 Å². The number of nitrogens with zero attached hydrogens (tertiary/aromatic N) is 2. The maximum Gasteiger partial charge on any atom is 0.143 e. The lowest BCUT2D eigenvalue weighted by Crippen LogP contribution is -1.98. The summed E-state index contributed by atoms with van der Waals surface area (Å²) in [6, 6.07) is 18.9. The molecule has 2 N–H and O–H groups in total. The summed E-state index contributed by atoms with van der Waals surface area (Å²) >= 11 is 0. The van der Waals surface area contributed by atoms with Gasteiger partial charge in [0, 0.05) is 23.5 Å². The van der Waals surface area contributed by atoms with E-state index in [-0.39, 0.29) is 5.75 Å². The maximum absolute atomic E-state index is 9.59. The lowest BCUT2D eigenvalue weighted by Gasteiger charge is -2.10. The fourth-order valence-corrected chi connectivity index (χ4v) is 2.93. The van der Waals surface area contributed by atoms with E-state index in [1.165, 1.54) is 0 Å². The van der Waals surface area contributed by atoms with Gasteiger partial charge in [-0.05, 0) is 55.0 Å². The van der Waals surface area contributed by atoms with Crippen LogP contribution in [-0.4, -0.2) is 21.6 Å². The van der Waals surface area contributed by atoms with Crippen molar-refractivity contribution in [2.75, 3.05) is 12.4 Å². The minimum atomic E-state index is 0.232. The van der Waals surface area contributed by atoms with Gasteiger partial charge < -0.3 is 15.2 Å². The van der Waals surface area contributed by atoms with Crippen molar-refractivity contribution >= 4 is 17.2 Å². The number of aromatic hydroxyl groups is 1. The number of anilines is 2. The highest BCUT2D eigenvalue weighted by Crippen LogP contribution is 2.32. The van der Waals surface area contributed by atoms with Gasteiger partial charge in [-0.25, -0.2) is 4.98 Å². The van der Waals surface area contributed by atoms with Gasteiger partial charge in [0.2, 0.25) is 0 Å². The number of phenolic OH excluding ortho intramolecular Hbond substituents is 1. The number of fused-ring (bicyclic) bond motifs is 1. The Kier molecular flexibility index (Phi) is 3.97. The molecule has 0 saturated carbocycles. The number of benzene rings is 2. The standard InChI is InChI=1S/C21H19N3O2/c1-14-6-11-19-23-20(15-7-9-17(25)10-8-15)21(24(19)13-14)22-16-4-3-5-18(12-16)26-2/h3-13,22,25H,1-2H3. The minimum absolute atomic E-state index is 0.232. The third kappa shape index (κ3) is 2.95. The summed E-state index contributed by atoms with van der Waals surface area (Å²) < 4.78 is 7.36. The van der Waals surface area contributed by atoms with Gasteiger partial charge in [-0.3, -0.25) is 4.40 Å². The van der Waals surface area contributed by atoms with Gasteiger partial charge in [-0.1, -0.05) is 12.1 Å². The Labute approximate surface area is 151 Å². The molecule has 0 aliphatic heterocycles. The van der Waals surface area contributed by atoms with Gasteiger partial charge in [0.25, 0.3) is 0 Å². The Hall–Kier alpha value is -3.47. The Balaban J connectivity index is 1.88. The maximum atomic E-state index is 9.59. The summed E-state index contributed by atoms with van der Waals surface area (Å²) in [5.74, 6) is 1.88. The molecule has 5 nitrogen and oxygen atoms in total. The van der Waals surface area contributed by atoms with Crippen LogP contribution in [0.1, 0.15) is 5.56 Å². The summed E-state index contributed by atoms with van der Waals surface area (Å²) in [6.07, 6.45) is 2.05. The zero-order chi connectivity index (χ0) is 18.1. The van der Waals surface area contributed by atoms with Crippen LogP contribution in [-0.2, 0) is 0 Å². The fraction of sp³-hybridized carbons (Fsp3) is 0.0952. The highest BCUT2D eigenvalue weighted by Gasteiger charge is 2.15. The third-order valence-electron chi connectivity index (χ3n) is 4.24. The molecule has 0 radical (unpaired) electrons. The molecule has 0 aliphatic rings. The van der Waals surface area contributed by atoms with Crippen LogP contribution in [0.15, 0.2) is 66.9 Å². The van der Waals surface area contributed by atoms with Gasteiger partial charge in [-0.2, -0.15) is 0 Å². The van der Waals surface area contributed by atoms with Crippen LogP contribution in [0.4, 0.5) is 11.5 Å². The molecule has 0 atom stereocenters. The zero-order valence-electron chi connectivity index (χ0n) is 14.6. The number of rotatable bonds is 4. The van der Waals surface area contributed by atoms with Crippen molar-refractivity contribution in [3.05, 3.63) is 72.4 Å². The van der Waals surface area contributed by atoms with Crippen molar-refractivity contribution in [3.63, 3.8) is 0 Å². The molecular weight excluding hydrogens is 326 g/mol. The molecular formula is C21H19N3O2. The molecule has 0 spiro atoms. The first-order valence-electron chi connectivity index (χ1n) is 8.33. The van der Waals surface area contributed by atoms with Crippen molar-refractivity contribution in [2.45, 2.75) is 6.92 Å². The normalized spacial score (nSPS) is 10.8. The molecule has 0 unspecified atom stereocenters. The molecule has 0 saturated heterocycles. The van der Waals surface area contributed by atoms with Gasteiger partial charge in [0.1, 0.15) is 28.7 Å². The highest BCUT2D eigenvalue weighted by molar-refractivity contribution is 5.80. The summed E-state index contributed by atoms with van der Waals surface area (Å²) in [5, 5.41) is 13.1. The number of hydrogen-bond acceptors (Lipinski definition) is 4. The number of imidazole rings is 1. The van der Waals surface area contributed by atoms with E-state index in [9.17, 15) is 5.11 Å². The SMILES string of the molecule is COc1cccc(Nc2c(-c3ccc(O)cc3)nc3ccc(C)cn23)c1. The van der Waals surface area contributed by atoms with Crippen LogP contribution in [0.25, 0.3) is 16.9 Å². The van der Waals surface area contributed by atoms with Gasteiger partial charge in [0.15, 0.2) is 0 Å². The van der Waals surface area contributed by atoms with Crippen LogP contribution in [0.5, 0.6) is 11.5 Å². The molecule has 2 heterocycles. The quantitative estimate of drug-likeness (QED) is 0.559. The third-order valence-corrected chi connectivity index (χ3v) is 4.24. The summed E-state index contributed by atoms with van der Waals surface area (Å²) in [6.45, 7) is 2.05. The largest absolute Gasteiger partial charge is 0.508 e. The van der Waals surface area contributed by atoms with Crippen LogP contribution in [0, 0.1) is 6.92 Å². The Bertz CT molecular complexity index is 1070. The summed E-state index contributed by atoms with van der Waals surface area (Å²) in [5.41, 5.74) is 4.64. The fourth-order valence-electron chi connectivity index (χ4n) is 2.93.